The molecule has 0 radical (unpaired) electrons. The highest BCUT2D eigenvalue weighted by Gasteiger charge is 2.20. The van der Waals surface area contributed by atoms with E-state index in [2.05, 4.69) is 0 Å². The fourth-order valence-corrected chi connectivity index (χ4v) is 2.86. The highest BCUT2D eigenvalue weighted by atomic mass is 16.5. The Morgan fingerprint density at radius 2 is 2.00 bits per heavy atom. The molecule has 2 aromatic rings. The maximum atomic E-state index is 12.4. The lowest BCUT2D eigenvalue weighted by molar-refractivity contribution is -0.135. The molecule has 21 heavy (non-hydrogen) atoms. The van der Waals surface area contributed by atoms with Crippen molar-refractivity contribution in [3.63, 3.8) is 0 Å². The fraction of sp³-hybridized carbons (Fsp3) is 0.375. The number of fused-ring (bicyclic) bond motifs is 1. The van der Waals surface area contributed by atoms with Gasteiger partial charge in [-0.05, 0) is 13.0 Å². The number of ether oxygens (including phenoxy) is 1. The Bertz CT molecular complexity index is 684. The van der Waals surface area contributed by atoms with Gasteiger partial charge in [0, 0.05) is 35.2 Å². The van der Waals surface area contributed by atoms with Gasteiger partial charge in [-0.3, -0.25) is 9.59 Å². The molecule has 110 valence electrons. The number of hydrogen-bond donors (Lipinski definition) is 0. The Morgan fingerprint density at radius 1 is 1.29 bits per heavy atom. The van der Waals surface area contributed by atoms with E-state index in [0.717, 1.165) is 22.9 Å². The van der Waals surface area contributed by atoms with Crippen molar-refractivity contribution in [1.82, 2.24) is 9.47 Å². The smallest absolute Gasteiger partial charge is 0.242 e. The molecule has 0 saturated carbocycles. The van der Waals surface area contributed by atoms with Crippen molar-refractivity contribution < 1.29 is 14.3 Å². The van der Waals surface area contributed by atoms with Gasteiger partial charge < -0.3 is 14.2 Å². The summed E-state index contributed by atoms with van der Waals surface area (Å²) < 4.78 is 7.20. The Kier molecular flexibility index (Phi) is 3.75. The van der Waals surface area contributed by atoms with Crippen molar-refractivity contribution in [2.75, 3.05) is 26.3 Å². The minimum atomic E-state index is 0.0691. The number of benzene rings is 1. The Hall–Kier alpha value is -2.14. The van der Waals surface area contributed by atoms with Crippen LogP contribution in [0.15, 0.2) is 24.3 Å². The summed E-state index contributed by atoms with van der Waals surface area (Å²) >= 11 is 0. The highest BCUT2D eigenvalue weighted by molar-refractivity contribution is 5.99. The lowest BCUT2D eigenvalue weighted by Crippen LogP contribution is -2.42. The molecule has 2 heterocycles. The minimum absolute atomic E-state index is 0.0691. The molecule has 1 aromatic heterocycles. The first-order valence-electron chi connectivity index (χ1n) is 7.11. The van der Waals surface area contributed by atoms with E-state index >= 15 is 0 Å². The van der Waals surface area contributed by atoms with E-state index in [1.807, 2.05) is 40.7 Å². The van der Waals surface area contributed by atoms with Gasteiger partial charge >= 0.3 is 0 Å². The molecule has 5 heteroatoms. The van der Waals surface area contributed by atoms with Crippen molar-refractivity contribution in [3.8, 4) is 0 Å². The van der Waals surface area contributed by atoms with Gasteiger partial charge in [0.25, 0.3) is 0 Å². The van der Waals surface area contributed by atoms with Crippen LogP contribution in [0.1, 0.15) is 16.1 Å². The summed E-state index contributed by atoms with van der Waals surface area (Å²) in [4.78, 5) is 25.6. The summed E-state index contributed by atoms with van der Waals surface area (Å²) in [5, 5.41) is 0.903. The second-order valence-corrected chi connectivity index (χ2v) is 5.21. The topological polar surface area (TPSA) is 51.5 Å². The van der Waals surface area contributed by atoms with Crippen LogP contribution in [0.3, 0.4) is 0 Å². The molecule has 1 aliphatic rings. The number of carbonyl (C=O) groups excluding carboxylic acids is 2. The van der Waals surface area contributed by atoms with Gasteiger partial charge in [0.05, 0.1) is 13.2 Å². The molecule has 0 N–H and O–H groups in total. The Morgan fingerprint density at radius 3 is 2.71 bits per heavy atom. The van der Waals surface area contributed by atoms with Gasteiger partial charge in [-0.15, -0.1) is 0 Å². The number of amides is 1. The molecule has 1 saturated heterocycles. The van der Waals surface area contributed by atoms with Crippen molar-refractivity contribution >= 4 is 23.1 Å². The first-order valence-corrected chi connectivity index (χ1v) is 7.11. The van der Waals surface area contributed by atoms with E-state index in [1.165, 1.54) is 0 Å². The summed E-state index contributed by atoms with van der Waals surface area (Å²) in [7, 11) is 0. The zero-order valence-corrected chi connectivity index (χ0v) is 12.0. The zero-order valence-electron chi connectivity index (χ0n) is 12.0. The molecule has 1 amide bonds. The first-order chi connectivity index (χ1) is 10.2. The van der Waals surface area contributed by atoms with Gasteiger partial charge in [-0.2, -0.15) is 0 Å². The summed E-state index contributed by atoms with van der Waals surface area (Å²) in [6.07, 6.45) is 0.868. The first kappa shape index (κ1) is 13.8. The maximum Gasteiger partial charge on any atom is 0.242 e. The number of aromatic nitrogens is 1. The van der Waals surface area contributed by atoms with Gasteiger partial charge in [-0.1, -0.05) is 18.2 Å². The molecule has 5 nitrogen and oxygen atoms in total. The molecule has 0 bridgehead atoms. The number of nitrogens with zero attached hydrogens (tertiary/aromatic N) is 2. The number of hydrogen-bond acceptors (Lipinski definition) is 3. The third-order valence-corrected chi connectivity index (χ3v) is 4.05. The third kappa shape index (κ3) is 2.45. The van der Waals surface area contributed by atoms with Gasteiger partial charge in [0.1, 0.15) is 6.54 Å². The molecular weight excluding hydrogens is 268 g/mol. The van der Waals surface area contributed by atoms with Gasteiger partial charge in [-0.25, -0.2) is 0 Å². The average Bonchev–Trinajstić information content (AvgIpc) is 2.80. The second-order valence-electron chi connectivity index (χ2n) is 5.21. The predicted octanol–water partition coefficient (Wildman–Crippen LogP) is 1.62. The van der Waals surface area contributed by atoms with E-state index < -0.39 is 0 Å². The molecule has 0 atom stereocenters. The maximum absolute atomic E-state index is 12.4. The third-order valence-electron chi connectivity index (χ3n) is 4.05. The largest absolute Gasteiger partial charge is 0.378 e. The molecule has 3 rings (SSSR count). The predicted molar refractivity (Wildman–Crippen MR) is 79.5 cm³/mol. The zero-order chi connectivity index (χ0) is 14.8. The Labute approximate surface area is 123 Å². The number of carbonyl (C=O) groups is 2. The van der Waals surface area contributed by atoms with E-state index in [0.29, 0.717) is 31.9 Å². The van der Waals surface area contributed by atoms with Crippen molar-refractivity contribution in [2.45, 2.75) is 13.5 Å². The normalized spacial score (nSPS) is 15.4. The van der Waals surface area contributed by atoms with Crippen LogP contribution in [0, 0.1) is 6.92 Å². The van der Waals surface area contributed by atoms with Crippen LogP contribution in [-0.2, 0) is 16.1 Å². The average molecular weight is 286 g/mol. The van der Waals surface area contributed by atoms with Gasteiger partial charge in [0.15, 0.2) is 6.29 Å². The van der Waals surface area contributed by atoms with Crippen LogP contribution >= 0.6 is 0 Å². The van der Waals surface area contributed by atoms with Crippen LogP contribution in [0.4, 0.5) is 0 Å². The number of rotatable bonds is 3. The standard InChI is InChI=1S/C16H18N2O3/c1-12-14(11-19)13-4-2-3-5-15(13)18(12)10-16(20)17-6-8-21-9-7-17/h2-5,11H,6-10H2,1H3. The number of para-hydroxylation sites is 1. The molecule has 1 aromatic carbocycles. The fourth-order valence-electron chi connectivity index (χ4n) is 2.86. The van der Waals surface area contributed by atoms with Crippen molar-refractivity contribution in [3.05, 3.63) is 35.5 Å². The van der Waals surface area contributed by atoms with E-state index in [9.17, 15) is 9.59 Å². The molecule has 0 unspecified atom stereocenters. The summed E-state index contributed by atoms with van der Waals surface area (Å²) in [5.74, 6) is 0.0691. The van der Waals surface area contributed by atoms with Crippen LogP contribution in [0.5, 0.6) is 0 Å². The molecular formula is C16H18N2O3. The molecule has 1 fully saturated rings. The summed E-state index contributed by atoms with van der Waals surface area (Å²) in [6.45, 7) is 4.61. The van der Waals surface area contributed by atoms with Crippen LogP contribution < -0.4 is 0 Å². The van der Waals surface area contributed by atoms with Crippen LogP contribution in [-0.4, -0.2) is 48.0 Å². The second kappa shape index (κ2) is 5.69. The number of aldehydes is 1. The van der Waals surface area contributed by atoms with E-state index in [1.54, 1.807) is 0 Å². The SMILES string of the molecule is Cc1c(C=O)c2ccccc2n1CC(=O)N1CCOCC1. The van der Waals surface area contributed by atoms with E-state index in [4.69, 9.17) is 4.74 Å². The van der Waals surface area contributed by atoms with Gasteiger partial charge in [0.2, 0.25) is 5.91 Å². The molecule has 0 spiro atoms. The Balaban J connectivity index is 1.95. The summed E-state index contributed by atoms with van der Waals surface area (Å²) in [5.41, 5.74) is 2.44. The lowest BCUT2D eigenvalue weighted by atomic mass is 10.1. The highest BCUT2D eigenvalue weighted by Crippen LogP contribution is 2.24. The van der Waals surface area contributed by atoms with Crippen molar-refractivity contribution in [2.24, 2.45) is 0 Å². The monoisotopic (exact) mass is 286 g/mol. The number of morpholine rings is 1. The quantitative estimate of drug-likeness (QED) is 0.806. The van der Waals surface area contributed by atoms with E-state index in [-0.39, 0.29) is 12.5 Å². The lowest BCUT2D eigenvalue weighted by Gasteiger charge is -2.27. The van der Waals surface area contributed by atoms with Crippen molar-refractivity contribution in [1.29, 1.82) is 0 Å². The van der Waals surface area contributed by atoms with Crippen LogP contribution in [0.2, 0.25) is 0 Å². The van der Waals surface area contributed by atoms with Crippen LogP contribution in [0.25, 0.3) is 10.9 Å². The minimum Gasteiger partial charge on any atom is -0.378 e. The molecule has 0 aliphatic carbocycles. The summed E-state index contributed by atoms with van der Waals surface area (Å²) in [6, 6.07) is 7.69. The molecule has 1 aliphatic heterocycles.